The monoisotopic (exact) mass is 252 g/mol. The lowest BCUT2D eigenvalue weighted by Crippen LogP contribution is -2.21. The van der Waals surface area contributed by atoms with E-state index in [1.54, 1.807) is 6.20 Å². The predicted molar refractivity (Wildman–Crippen MR) is 73.6 cm³/mol. The van der Waals surface area contributed by atoms with E-state index >= 15 is 0 Å². The van der Waals surface area contributed by atoms with E-state index in [0.717, 1.165) is 24.1 Å². The van der Waals surface area contributed by atoms with Gasteiger partial charge in [-0.15, -0.1) is 0 Å². The maximum Gasteiger partial charge on any atom is 0.152 e. The molecule has 2 nitrogen and oxygen atoms in total. The second-order valence-electron chi connectivity index (χ2n) is 5.31. The first-order chi connectivity index (χ1) is 8.16. The van der Waals surface area contributed by atoms with Gasteiger partial charge in [0.05, 0.1) is 5.69 Å². The summed E-state index contributed by atoms with van der Waals surface area (Å²) in [5.74, 6) is 1.66. The van der Waals surface area contributed by atoms with Crippen LogP contribution in [-0.4, -0.2) is 11.5 Å². The molecule has 2 unspecified atom stereocenters. The molecule has 0 aliphatic heterocycles. The van der Waals surface area contributed by atoms with Gasteiger partial charge in [0.2, 0.25) is 0 Å². The zero-order valence-electron chi connectivity index (χ0n) is 10.7. The Morgan fingerprint density at radius 3 is 3.00 bits per heavy atom. The minimum absolute atomic E-state index is 0.592. The van der Waals surface area contributed by atoms with Crippen molar-refractivity contribution in [2.24, 2.45) is 11.8 Å². The summed E-state index contributed by atoms with van der Waals surface area (Å²) in [4.78, 5) is 4.12. The van der Waals surface area contributed by atoms with Crippen LogP contribution in [0.15, 0.2) is 12.3 Å². The largest absolute Gasteiger partial charge is 0.382 e. The Morgan fingerprint density at radius 2 is 2.29 bits per heavy atom. The summed E-state index contributed by atoms with van der Waals surface area (Å²) in [5.41, 5.74) is 2.18. The van der Waals surface area contributed by atoms with Crippen molar-refractivity contribution in [3.8, 4) is 0 Å². The van der Waals surface area contributed by atoms with Crippen LogP contribution in [0.3, 0.4) is 0 Å². The van der Waals surface area contributed by atoms with Gasteiger partial charge >= 0.3 is 0 Å². The van der Waals surface area contributed by atoms with E-state index in [9.17, 15) is 0 Å². The van der Waals surface area contributed by atoms with Gasteiger partial charge in [-0.3, -0.25) is 0 Å². The number of aryl methyl sites for hydroxylation is 1. The van der Waals surface area contributed by atoms with E-state index in [4.69, 9.17) is 11.6 Å². The van der Waals surface area contributed by atoms with Crippen LogP contribution in [0, 0.1) is 18.8 Å². The number of nitrogens with one attached hydrogen (secondary N) is 1. The molecule has 1 aromatic rings. The molecule has 1 aliphatic rings. The van der Waals surface area contributed by atoms with Gasteiger partial charge in [-0.25, -0.2) is 4.98 Å². The highest BCUT2D eigenvalue weighted by Gasteiger charge is 2.19. The Kier molecular flexibility index (Phi) is 4.27. The summed E-state index contributed by atoms with van der Waals surface area (Å²) in [6, 6.07) is 2.00. The van der Waals surface area contributed by atoms with Crippen LogP contribution in [0.1, 0.15) is 38.2 Å². The molecule has 0 saturated heterocycles. The van der Waals surface area contributed by atoms with Crippen molar-refractivity contribution < 1.29 is 0 Å². The minimum Gasteiger partial charge on any atom is -0.382 e. The minimum atomic E-state index is 0.592. The Bertz CT molecular complexity index is 358. The van der Waals surface area contributed by atoms with E-state index in [0.29, 0.717) is 5.15 Å². The molecule has 2 atom stereocenters. The molecule has 1 aromatic heterocycles. The molecule has 1 aliphatic carbocycles. The van der Waals surface area contributed by atoms with Crippen molar-refractivity contribution in [1.82, 2.24) is 4.98 Å². The summed E-state index contributed by atoms with van der Waals surface area (Å²) < 4.78 is 0. The molecule has 2 rings (SSSR count). The Balaban J connectivity index is 1.93. The van der Waals surface area contributed by atoms with Crippen molar-refractivity contribution in [1.29, 1.82) is 0 Å². The molecule has 3 heteroatoms. The number of halogens is 1. The first-order valence-electron chi connectivity index (χ1n) is 6.51. The van der Waals surface area contributed by atoms with E-state index in [-0.39, 0.29) is 0 Å². The number of rotatable bonds is 3. The first-order valence-corrected chi connectivity index (χ1v) is 6.89. The molecular formula is C14H21ClN2. The molecule has 0 bridgehead atoms. The third-order valence-corrected chi connectivity index (χ3v) is 4.01. The first kappa shape index (κ1) is 12.7. The van der Waals surface area contributed by atoms with Crippen molar-refractivity contribution >= 4 is 17.3 Å². The van der Waals surface area contributed by atoms with Crippen molar-refractivity contribution in [3.63, 3.8) is 0 Å². The summed E-state index contributed by atoms with van der Waals surface area (Å²) in [7, 11) is 0. The summed E-state index contributed by atoms with van der Waals surface area (Å²) in [6.07, 6.45) is 7.19. The van der Waals surface area contributed by atoms with Gasteiger partial charge in [0.15, 0.2) is 5.15 Å². The highest BCUT2D eigenvalue weighted by atomic mass is 35.5. The second kappa shape index (κ2) is 5.72. The Morgan fingerprint density at radius 1 is 1.47 bits per heavy atom. The van der Waals surface area contributed by atoms with E-state index in [2.05, 4.69) is 24.1 Å². The zero-order chi connectivity index (χ0) is 12.3. The average Bonchev–Trinajstić information content (AvgIpc) is 2.28. The molecule has 1 saturated carbocycles. The van der Waals surface area contributed by atoms with Gasteiger partial charge in [0.1, 0.15) is 0 Å². The topological polar surface area (TPSA) is 24.9 Å². The van der Waals surface area contributed by atoms with Crippen molar-refractivity contribution in [2.45, 2.75) is 39.5 Å². The summed E-state index contributed by atoms with van der Waals surface area (Å²) in [6.45, 7) is 5.45. The average molecular weight is 253 g/mol. The van der Waals surface area contributed by atoms with Crippen molar-refractivity contribution in [2.75, 3.05) is 11.9 Å². The smallest absolute Gasteiger partial charge is 0.152 e. The maximum absolute atomic E-state index is 6.10. The lowest BCUT2D eigenvalue weighted by atomic mass is 9.82. The molecule has 1 fully saturated rings. The molecule has 0 radical (unpaired) electrons. The quantitative estimate of drug-likeness (QED) is 0.813. The Hall–Kier alpha value is -0.760. The molecule has 94 valence electrons. The fourth-order valence-corrected chi connectivity index (χ4v) is 3.00. The predicted octanol–water partition coefficient (Wildman–Crippen LogP) is 4.28. The van der Waals surface area contributed by atoms with Crippen LogP contribution >= 0.6 is 11.6 Å². The lowest BCUT2D eigenvalue weighted by molar-refractivity contribution is 0.293. The molecule has 0 amide bonds. The summed E-state index contributed by atoms with van der Waals surface area (Å²) in [5, 5.41) is 4.07. The fourth-order valence-electron chi connectivity index (χ4n) is 2.73. The standard InChI is InChI=1S/C14H21ClN2/c1-10-4-3-5-12(8-10)9-17-13-11(2)6-7-16-14(13)15/h6-7,10,12,17H,3-5,8-9H2,1-2H3. The van der Waals surface area contributed by atoms with Crippen LogP contribution in [-0.2, 0) is 0 Å². The molecule has 0 spiro atoms. The molecule has 1 heterocycles. The fraction of sp³-hybridized carbons (Fsp3) is 0.643. The molecule has 0 aromatic carbocycles. The Labute approximate surface area is 109 Å². The second-order valence-corrected chi connectivity index (χ2v) is 5.67. The highest BCUT2D eigenvalue weighted by Crippen LogP contribution is 2.30. The number of hydrogen-bond donors (Lipinski definition) is 1. The number of aromatic nitrogens is 1. The van der Waals surface area contributed by atoms with Crippen LogP contribution in [0.25, 0.3) is 0 Å². The van der Waals surface area contributed by atoms with Gasteiger partial charge in [-0.1, -0.05) is 31.4 Å². The van der Waals surface area contributed by atoms with Crippen molar-refractivity contribution in [3.05, 3.63) is 23.0 Å². The van der Waals surface area contributed by atoms with Gasteiger partial charge in [0, 0.05) is 12.7 Å². The number of nitrogens with zero attached hydrogens (tertiary/aromatic N) is 1. The summed E-state index contributed by atoms with van der Waals surface area (Å²) >= 11 is 6.10. The normalized spacial score (nSPS) is 24.6. The van der Waals surface area contributed by atoms with Gasteiger partial charge < -0.3 is 5.32 Å². The van der Waals surface area contributed by atoms with Crippen LogP contribution in [0.2, 0.25) is 5.15 Å². The van der Waals surface area contributed by atoms with E-state index < -0.39 is 0 Å². The molecular weight excluding hydrogens is 232 g/mol. The van der Waals surface area contributed by atoms with Gasteiger partial charge in [-0.05, 0) is 43.2 Å². The maximum atomic E-state index is 6.10. The lowest BCUT2D eigenvalue weighted by Gasteiger charge is -2.27. The number of hydrogen-bond acceptors (Lipinski definition) is 2. The van der Waals surface area contributed by atoms with Gasteiger partial charge in [-0.2, -0.15) is 0 Å². The molecule has 1 N–H and O–H groups in total. The third kappa shape index (κ3) is 3.35. The van der Waals surface area contributed by atoms with E-state index in [1.807, 2.05) is 6.07 Å². The van der Waals surface area contributed by atoms with E-state index in [1.165, 1.54) is 31.2 Å². The molecule has 17 heavy (non-hydrogen) atoms. The van der Waals surface area contributed by atoms with Crippen LogP contribution in [0.4, 0.5) is 5.69 Å². The number of anilines is 1. The number of pyridine rings is 1. The third-order valence-electron chi connectivity index (χ3n) is 3.73. The van der Waals surface area contributed by atoms with Gasteiger partial charge in [0.25, 0.3) is 0 Å². The SMILES string of the molecule is Cc1ccnc(Cl)c1NCC1CCCC(C)C1. The van der Waals surface area contributed by atoms with Crippen LogP contribution in [0.5, 0.6) is 0 Å². The van der Waals surface area contributed by atoms with Crippen LogP contribution < -0.4 is 5.32 Å². The highest BCUT2D eigenvalue weighted by molar-refractivity contribution is 6.32. The zero-order valence-corrected chi connectivity index (χ0v) is 11.4.